The molecule has 3 rings (SSSR count). The molecule has 0 aromatic carbocycles. The van der Waals surface area contributed by atoms with Crippen LogP contribution in [0.5, 0.6) is 0 Å². The van der Waals surface area contributed by atoms with Crippen LogP contribution in [0.2, 0.25) is 0 Å². The predicted molar refractivity (Wildman–Crippen MR) is 67.5 cm³/mol. The number of carbonyl (C=O) groups is 1. The van der Waals surface area contributed by atoms with Gasteiger partial charge in [0.1, 0.15) is 0 Å². The van der Waals surface area contributed by atoms with E-state index in [9.17, 15) is 4.79 Å². The molecule has 0 radical (unpaired) electrons. The van der Waals surface area contributed by atoms with Crippen molar-refractivity contribution in [2.75, 3.05) is 19.6 Å². The first-order chi connectivity index (χ1) is 8.36. The number of rotatable bonds is 3. The minimum atomic E-state index is 0.354. The third-order valence-corrected chi connectivity index (χ3v) is 4.92. The van der Waals surface area contributed by atoms with Gasteiger partial charge in [0.2, 0.25) is 5.91 Å². The van der Waals surface area contributed by atoms with Crippen molar-refractivity contribution in [3.05, 3.63) is 0 Å². The molecular weight excluding hydrogens is 212 g/mol. The standard InChI is InChI=1S/C14H24N2O/c17-14(13-11-5-1-2-6-12(11)13)16-9-10-4-3-7-15-8-10/h10-13,15H,1-9H2,(H,16,17). The van der Waals surface area contributed by atoms with Gasteiger partial charge in [0, 0.05) is 12.5 Å². The van der Waals surface area contributed by atoms with Crippen molar-refractivity contribution in [2.45, 2.75) is 38.5 Å². The average Bonchev–Trinajstić information content (AvgIpc) is 3.11. The van der Waals surface area contributed by atoms with Crippen LogP contribution in [0.4, 0.5) is 0 Å². The SMILES string of the molecule is O=C(NCC1CCCNC1)C1C2CCCCC21. The zero-order chi connectivity index (χ0) is 11.7. The predicted octanol–water partition coefficient (Wildman–Crippen LogP) is 1.54. The van der Waals surface area contributed by atoms with E-state index in [0.717, 1.165) is 31.5 Å². The number of fused-ring (bicyclic) bond motifs is 1. The number of amides is 1. The summed E-state index contributed by atoms with van der Waals surface area (Å²) in [5, 5.41) is 6.59. The molecule has 3 nitrogen and oxygen atoms in total. The Hall–Kier alpha value is -0.570. The number of nitrogens with one attached hydrogen (secondary N) is 2. The second-order valence-corrected chi connectivity index (χ2v) is 6.10. The fourth-order valence-corrected chi connectivity index (χ4v) is 3.84. The molecule has 2 saturated carbocycles. The summed E-state index contributed by atoms with van der Waals surface area (Å²) in [6.07, 6.45) is 7.82. The van der Waals surface area contributed by atoms with E-state index >= 15 is 0 Å². The van der Waals surface area contributed by atoms with Gasteiger partial charge >= 0.3 is 0 Å². The molecule has 0 bridgehead atoms. The molecule has 96 valence electrons. The number of piperidine rings is 1. The smallest absolute Gasteiger partial charge is 0.223 e. The van der Waals surface area contributed by atoms with Crippen LogP contribution in [0.15, 0.2) is 0 Å². The van der Waals surface area contributed by atoms with Gasteiger partial charge in [0.25, 0.3) is 0 Å². The van der Waals surface area contributed by atoms with Crippen LogP contribution in [0.1, 0.15) is 38.5 Å². The van der Waals surface area contributed by atoms with Gasteiger partial charge in [-0.25, -0.2) is 0 Å². The number of carbonyl (C=O) groups excluding carboxylic acids is 1. The number of hydrogen-bond donors (Lipinski definition) is 2. The second-order valence-electron chi connectivity index (χ2n) is 6.10. The molecule has 1 heterocycles. The lowest BCUT2D eigenvalue weighted by Gasteiger charge is -2.22. The molecule has 1 amide bonds. The van der Waals surface area contributed by atoms with E-state index in [0.29, 0.717) is 17.7 Å². The summed E-state index contributed by atoms with van der Waals surface area (Å²) >= 11 is 0. The van der Waals surface area contributed by atoms with Crippen molar-refractivity contribution < 1.29 is 4.79 Å². The third kappa shape index (κ3) is 2.49. The van der Waals surface area contributed by atoms with E-state index in [4.69, 9.17) is 0 Å². The topological polar surface area (TPSA) is 41.1 Å². The Labute approximate surface area is 104 Å². The summed E-state index contributed by atoms with van der Waals surface area (Å²) in [6, 6.07) is 0. The molecule has 0 aromatic rings. The van der Waals surface area contributed by atoms with Gasteiger partial charge in [0.05, 0.1) is 0 Å². The monoisotopic (exact) mass is 236 g/mol. The Bertz CT molecular complexity index is 274. The van der Waals surface area contributed by atoms with Gasteiger partial charge in [-0.2, -0.15) is 0 Å². The zero-order valence-electron chi connectivity index (χ0n) is 10.6. The molecule has 3 aliphatic rings. The molecule has 3 atom stereocenters. The molecular formula is C14H24N2O. The van der Waals surface area contributed by atoms with Crippen molar-refractivity contribution in [3.8, 4) is 0 Å². The van der Waals surface area contributed by atoms with E-state index in [2.05, 4.69) is 10.6 Å². The Morgan fingerprint density at radius 2 is 1.88 bits per heavy atom. The lowest BCUT2D eigenvalue weighted by atomic mass is 10.00. The second kappa shape index (κ2) is 4.97. The summed E-state index contributed by atoms with van der Waals surface area (Å²) in [7, 11) is 0. The molecule has 3 unspecified atom stereocenters. The van der Waals surface area contributed by atoms with Gasteiger partial charge in [-0.3, -0.25) is 4.79 Å². The van der Waals surface area contributed by atoms with Crippen molar-refractivity contribution in [1.29, 1.82) is 0 Å². The van der Waals surface area contributed by atoms with E-state index in [1.54, 1.807) is 0 Å². The van der Waals surface area contributed by atoms with E-state index in [1.807, 2.05) is 0 Å². The Morgan fingerprint density at radius 1 is 1.12 bits per heavy atom. The summed E-state index contributed by atoms with van der Waals surface area (Å²) < 4.78 is 0. The lowest BCUT2D eigenvalue weighted by Crippen LogP contribution is -2.38. The molecule has 1 aliphatic heterocycles. The van der Waals surface area contributed by atoms with Crippen LogP contribution < -0.4 is 10.6 Å². The quantitative estimate of drug-likeness (QED) is 0.780. The van der Waals surface area contributed by atoms with Gasteiger partial charge in [-0.05, 0) is 56.5 Å². The Kier molecular flexibility index (Phi) is 3.37. The minimum Gasteiger partial charge on any atom is -0.356 e. The van der Waals surface area contributed by atoms with E-state index < -0.39 is 0 Å². The average molecular weight is 236 g/mol. The van der Waals surface area contributed by atoms with Crippen molar-refractivity contribution in [3.63, 3.8) is 0 Å². The highest BCUT2D eigenvalue weighted by Gasteiger charge is 2.54. The molecule has 0 spiro atoms. The maximum atomic E-state index is 12.1. The fraction of sp³-hybridized carbons (Fsp3) is 0.929. The van der Waals surface area contributed by atoms with Crippen molar-refractivity contribution in [2.24, 2.45) is 23.7 Å². The van der Waals surface area contributed by atoms with Crippen LogP contribution >= 0.6 is 0 Å². The largest absolute Gasteiger partial charge is 0.356 e. The number of hydrogen-bond acceptors (Lipinski definition) is 2. The minimum absolute atomic E-state index is 0.354. The van der Waals surface area contributed by atoms with Crippen LogP contribution in [0.3, 0.4) is 0 Å². The normalized spacial score (nSPS) is 40.5. The summed E-state index contributed by atoms with van der Waals surface area (Å²) in [5.74, 6) is 2.89. The lowest BCUT2D eigenvalue weighted by molar-refractivity contribution is -0.123. The van der Waals surface area contributed by atoms with Gasteiger partial charge in [-0.15, -0.1) is 0 Å². The van der Waals surface area contributed by atoms with E-state index in [1.165, 1.54) is 38.5 Å². The Morgan fingerprint density at radius 3 is 2.53 bits per heavy atom. The zero-order valence-corrected chi connectivity index (χ0v) is 10.6. The molecule has 1 saturated heterocycles. The highest BCUT2D eigenvalue weighted by Crippen LogP contribution is 2.55. The van der Waals surface area contributed by atoms with Crippen molar-refractivity contribution in [1.82, 2.24) is 10.6 Å². The molecule has 2 N–H and O–H groups in total. The van der Waals surface area contributed by atoms with Gasteiger partial charge in [-0.1, -0.05) is 12.8 Å². The first-order valence-corrected chi connectivity index (χ1v) is 7.34. The van der Waals surface area contributed by atoms with Crippen LogP contribution in [0, 0.1) is 23.7 Å². The van der Waals surface area contributed by atoms with Crippen LogP contribution in [-0.2, 0) is 4.79 Å². The molecule has 0 aromatic heterocycles. The molecule has 2 aliphatic carbocycles. The van der Waals surface area contributed by atoms with Gasteiger partial charge in [0.15, 0.2) is 0 Å². The van der Waals surface area contributed by atoms with Crippen LogP contribution in [-0.4, -0.2) is 25.5 Å². The summed E-state index contributed by atoms with van der Waals surface area (Å²) in [4.78, 5) is 12.1. The fourth-order valence-electron chi connectivity index (χ4n) is 3.84. The first kappa shape index (κ1) is 11.5. The summed E-state index contributed by atoms with van der Waals surface area (Å²) in [6.45, 7) is 3.12. The molecule has 17 heavy (non-hydrogen) atoms. The van der Waals surface area contributed by atoms with Crippen LogP contribution in [0.25, 0.3) is 0 Å². The van der Waals surface area contributed by atoms with E-state index in [-0.39, 0.29) is 0 Å². The first-order valence-electron chi connectivity index (χ1n) is 7.34. The van der Waals surface area contributed by atoms with Crippen molar-refractivity contribution >= 4 is 5.91 Å². The third-order valence-electron chi connectivity index (χ3n) is 4.92. The maximum Gasteiger partial charge on any atom is 0.223 e. The molecule has 3 fully saturated rings. The highest BCUT2D eigenvalue weighted by atomic mass is 16.2. The molecule has 3 heteroatoms. The summed E-state index contributed by atoms with van der Waals surface area (Å²) in [5.41, 5.74) is 0. The highest BCUT2D eigenvalue weighted by molar-refractivity contribution is 5.82. The van der Waals surface area contributed by atoms with Gasteiger partial charge < -0.3 is 10.6 Å². The Balaban J connectivity index is 1.41. The maximum absolute atomic E-state index is 12.1.